The maximum Gasteiger partial charge on any atom is 0.417 e. The van der Waals surface area contributed by atoms with Crippen molar-refractivity contribution in [1.29, 1.82) is 0 Å². The number of halogens is 6. The average molecular weight is 307 g/mol. The van der Waals surface area contributed by atoms with Crippen LogP contribution in [0.25, 0.3) is 11.1 Å². The molecule has 0 amide bonds. The fourth-order valence-corrected chi connectivity index (χ4v) is 1.62. The molecular weight excluding hydrogens is 300 g/mol. The number of hydrogen-bond donors (Lipinski definition) is 0. The summed E-state index contributed by atoms with van der Waals surface area (Å²) in [6.45, 7) is -3.24. The molecule has 0 unspecified atom stereocenters. The van der Waals surface area contributed by atoms with E-state index >= 15 is 0 Å². The lowest BCUT2D eigenvalue weighted by Gasteiger charge is -2.13. The first-order chi connectivity index (χ1) is 9.77. The van der Waals surface area contributed by atoms with Crippen molar-refractivity contribution in [1.82, 2.24) is 4.98 Å². The van der Waals surface area contributed by atoms with Crippen LogP contribution in [-0.4, -0.2) is 11.6 Å². The van der Waals surface area contributed by atoms with Crippen LogP contribution in [0.15, 0.2) is 36.5 Å². The van der Waals surface area contributed by atoms with Gasteiger partial charge in [0.1, 0.15) is 5.82 Å². The predicted octanol–water partition coefficient (Wildman–Crippen LogP) is 4.51. The lowest BCUT2D eigenvalue weighted by atomic mass is 10.1. The van der Waals surface area contributed by atoms with Gasteiger partial charge in [-0.05, 0) is 23.8 Å². The summed E-state index contributed by atoms with van der Waals surface area (Å²) in [5.41, 5.74) is -1.35. The first-order valence-corrected chi connectivity index (χ1v) is 5.55. The zero-order chi connectivity index (χ0) is 15.6. The van der Waals surface area contributed by atoms with Crippen LogP contribution in [0.4, 0.5) is 26.3 Å². The van der Waals surface area contributed by atoms with Crippen molar-refractivity contribution in [2.45, 2.75) is 12.8 Å². The van der Waals surface area contributed by atoms with E-state index in [9.17, 15) is 26.3 Å². The molecule has 2 rings (SSSR count). The van der Waals surface area contributed by atoms with Gasteiger partial charge >= 0.3 is 12.8 Å². The molecule has 0 radical (unpaired) electrons. The van der Waals surface area contributed by atoms with E-state index in [2.05, 4.69) is 9.72 Å². The fraction of sp³-hybridized carbons (Fsp3) is 0.154. The highest BCUT2D eigenvalue weighted by atomic mass is 19.4. The van der Waals surface area contributed by atoms with Gasteiger partial charge in [-0.25, -0.2) is 9.37 Å². The molecule has 0 fully saturated rings. The van der Waals surface area contributed by atoms with Crippen molar-refractivity contribution in [2.75, 3.05) is 0 Å². The minimum absolute atomic E-state index is 0.0747. The minimum atomic E-state index is -4.69. The van der Waals surface area contributed by atoms with Crippen molar-refractivity contribution >= 4 is 0 Å². The number of pyridine rings is 1. The summed E-state index contributed by atoms with van der Waals surface area (Å²) < 4.78 is 79.4. The highest BCUT2D eigenvalue weighted by Gasteiger charge is 2.32. The Hall–Kier alpha value is -2.25. The number of aromatic nitrogens is 1. The minimum Gasteiger partial charge on any atom is -0.416 e. The number of rotatable bonds is 3. The molecule has 1 aromatic heterocycles. The van der Waals surface area contributed by atoms with E-state index in [1.54, 1.807) is 0 Å². The number of ether oxygens (including phenoxy) is 1. The predicted molar refractivity (Wildman–Crippen MR) is 61.3 cm³/mol. The lowest BCUT2D eigenvalue weighted by Crippen LogP contribution is -2.09. The molecule has 0 N–H and O–H groups in total. The first kappa shape index (κ1) is 15.1. The number of nitrogens with zero attached hydrogens (tertiary/aromatic N) is 1. The topological polar surface area (TPSA) is 22.1 Å². The molecule has 0 saturated heterocycles. The van der Waals surface area contributed by atoms with Crippen molar-refractivity contribution < 1.29 is 31.1 Å². The molecule has 2 nitrogen and oxygen atoms in total. The van der Waals surface area contributed by atoms with Gasteiger partial charge in [0.05, 0.1) is 5.56 Å². The maximum absolute atomic E-state index is 12.8. The van der Waals surface area contributed by atoms with Crippen molar-refractivity contribution in [3.05, 3.63) is 47.9 Å². The molecule has 0 saturated carbocycles. The van der Waals surface area contributed by atoms with E-state index < -0.39 is 30.0 Å². The molecule has 112 valence electrons. The van der Waals surface area contributed by atoms with Crippen LogP contribution in [0, 0.1) is 5.82 Å². The van der Waals surface area contributed by atoms with Gasteiger partial charge in [0, 0.05) is 11.8 Å². The zero-order valence-corrected chi connectivity index (χ0v) is 10.2. The van der Waals surface area contributed by atoms with Crippen molar-refractivity contribution in [3.63, 3.8) is 0 Å². The van der Waals surface area contributed by atoms with E-state index in [1.807, 2.05) is 0 Å². The molecule has 0 aliphatic rings. The summed E-state index contributed by atoms with van der Waals surface area (Å²) in [7, 11) is 0. The largest absolute Gasteiger partial charge is 0.417 e. The first-order valence-electron chi connectivity index (χ1n) is 5.55. The Morgan fingerprint density at radius 1 is 1.05 bits per heavy atom. The number of alkyl halides is 5. The van der Waals surface area contributed by atoms with E-state index in [-0.39, 0.29) is 11.1 Å². The van der Waals surface area contributed by atoms with Crippen LogP contribution in [-0.2, 0) is 6.18 Å². The lowest BCUT2D eigenvalue weighted by molar-refractivity contribution is -0.137. The summed E-state index contributed by atoms with van der Waals surface area (Å²) >= 11 is 0. The fourth-order valence-electron chi connectivity index (χ4n) is 1.62. The third-order valence-corrected chi connectivity index (χ3v) is 2.53. The van der Waals surface area contributed by atoms with Crippen molar-refractivity contribution in [2.24, 2.45) is 0 Å². The second-order valence-electron chi connectivity index (χ2n) is 3.96. The normalized spacial score (nSPS) is 11.8. The molecule has 0 bridgehead atoms. The molecule has 0 aliphatic heterocycles. The van der Waals surface area contributed by atoms with Crippen LogP contribution >= 0.6 is 0 Å². The summed E-state index contributed by atoms with van der Waals surface area (Å²) in [6, 6.07) is 4.89. The van der Waals surface area contributed by atoms with E-state index in [4.69, 9.17) is 0 Å². The van der Waals surface area contributed by atoms with E-state index in [1.165, 1.54) is 0 Å². The molecular formula is C13H7F6NO. The van der Waals surface area contributed by atoms with Gasteiger partial charge < -0.3 is 4.74 Å². The Bertz CT molecular complexity index is 624. The van der Waals surface area contributed by atoms with E-state index in [0.29, 0.717) is 12.3 Å². The SMILES string of the molecule is Fc1ccc(-c2cc(C(F)(F)F)cnc2OC(F)F)cc1. The van der Waals surface area contributed by atoms with Crippen LogP contribution in [0.1, 0.15) is 5.56 Å². The third kappa shape index (κ3) is 3.65. The summed E-state index contributed by atoms with van der Waals surface area (Å²) in [4.78, 5) is 3.27. The van der Waals surface area contributed by atoms with Gasteiger partial charge in [-0.2, -0.15) is 22.0 Å². The van der Waals surface area contributed by atoms with Gasteiger partial charge in [0.25, 0.3) is 0 Å². The monoisotopic (exact) mass is 307 g/mol. The van der Waals surface area contributed by atoms with Crippen LogP contribution < -0.4 is 4.74 Å². The zero-order valence-electron chi connectivity index (χ0n) is 10.2. The molecule has 0 atom stereocenters. The second-order valence-corrected chi connectivity index (χ2v) is 3.96. The summed E-state index contributed by atoms with van der Waals surface area (Å²) in [5, 5.41) is 0. The Balaban J connectivity index is 2.55. The molecule has 0 aliphatic carbocycles. The molecule has 8 heteroatoms. The maximum atomic E-state index is 12.8. The summed E-state index contributed by atoms with van der Waals surface area (Å²) in [5.74, 6) is -1.28. The van der Waals surface area contributed by atoms with Gasteiger partial charge in [-0.15, -0.1) is 0 Å². The van der Waals surface area contributed by atoms with Gasteiger partial charge in [-0.1, -0.05) is 12.1 Å². The molecule has 0 spiro atoms. The summed E-state index contributed by atoms with van der Waals surface area (Å²) in [6.07, 6.45) is -4.30. The molecule has 21 heavy (non-hydrogen) atoms. The number of hydrogen-bond acceptors (Lipinski definition) is 2. The van der Waals surface area contributed by atoms with Gasteiger partial charge in [0.2, 0.25) is 5.88 Å². The quantitative estimate of drug-likeness (QED) is 0.778. The second kappa shape index (κ2) is 5.63. The number of benzene rings is 1. The van der Waals surface area contributed by atoms with Crippen LogP contribution in [0.5, 0.6) is 5.88 Å². The standard InChI is InChI=1S/C13H7F6NO/c14-9-3-1-7(2-4-9)10-5-8(13(17,18)19)6-20-11(10)21-12(15)16/h1-6,12H. The van der Waals surface area contributed by atoms with Crippen LogP contribution in [0.2, 0.25) is 0 Å². The highest BCUT2D eigenvalue weighted by Crippen LogP contribution is 2.36. The molecule has 2 aromatic rings. The van der Waals surface area contributed by atoms with Crippen molar-refractivity contribution in [3.8, 4) is 17.0 Å². The highest BCUT2D eigenvalue weighted by molar-refractivity contribution is 5.69. The average Bonchev–Trinajstić information content (AvgIpc) is 2.38. The molecule has 1 heterocycles. The van der Waals surface area contributed by atoms with Crippen LogP contribution in [0.3, 0.4) is 0 Å². The Morgan fingerprint density at radius 2 is 1.67 bits per heavy atom. The molecule has 1 aromatic carbocycles. The Kier molecular flexibility index (Phi) is 4.06. The van der Waals surface area contributed by atoms with Gasteiger partial charge in [-0.3, -0.25) is 0 Å². The van der Waals surface area contributed by atoms with E-state index in [0.717, 1.165) is 24.3 Å². The Labute approximate surface area is 115 Å². The third-order valence-electron chi connectivity index (χ3n) is 2.53. The smallest absolute Gasteiger partial charge is 0.416 e. The van der Waals surface area contributed by atoms with Gasteiger partial charge in [0.15, 0.2) is 0 Å². The Morgan fingerprint density at radius 3 is 2.19 bits per heavy atom.